The number of alkyl halides is 1. The van der Waals surface area contributed by atoms with Gasteiger partial charge in [0.15, 0.2) is 0 Å². The van der Waals surface area contributed by atoms with E-state index in [0.29, 0.717) is 25.8 Å². The molecular formula is C14H30BrO2P9S. The summed E-state index contributed by atoms with van der Waals surface area (Å²) >= 11 is 7.67. The van der Waals surface area contributed by atoms with Crippen molar-refractivity contribution in [3.8, 4) is 0 Å². The maximum atomic E-state index is 11.9. The average Bonchev–Trinajstić information content (AvgIpc) is 2.60. The SMILES string of the molecule is CC(C)(CC(Br)c1ccccc1)C(=O)OCCS.PPP(P(P)P)P(P)P. The Hall–Kier alpha value is 3.39. The Bertz CT molecular complexity index is 529. The van der Waals surface area contributed by atoms with E-state index in [1.165, 1.54) is 5.56 Å². The summed E-state index contributed by atoms with van der Waals surface area (Å²) in [6.07, 6.45) is 0.697. The number of esters is 1. The third-order valence-electron chi connectivity index (χ3n) is 3.28. The molecule has 0 amide bonds. The zero-order valence-electron chi connectivity index (χ0n) is 15.5. The van der Waals surface area contributed by atoms with Crippen molar-refractivity contribution >= 4 is 108 Å². The zero-order chi connectivity index (χ0) is 21.0. The smallest absolute Gasteiger partial charge is 0.311 e. The molecule has 0 bridgehead atoms. The Morgan fingerprint density at radius 2 is 1.74 bits per heavy atom. The van der Waals surface area contributed by atoms with Crippen molar-refractivity contribution in [2.75, 3.05) is 12.4 Å². The lowest BCUT2D eigenvalue weighted by atomic mass is 9.86. The number of ether oxygens (including phenoxy) is 1. The van der Waals surface area contributed by atoms with Crippen LogP contribution >= 0.6 is 102 Å². The van der Waals surface area contributed by atoms with E-state index in [2.05, 4.69) is 85.3 Å². The number of hydrogen-bond acceptors (Lipinski definition) is 3. The van der Waals surface area contributed by atoms with E-state index in [9.17, 15) is 4.79 Å². The molecule has 0 aliphatic carbocycles. The first-order valence-corrected chi connectivity index (χ1v) is 25.0. The monoisotopic (exact) mass is 620 g/mol. The molecular weight excluding hydrogens is 591 g/mol. The highest BCUT2D eigenvalue weighted by atomic mass is 79.9. The molecule has 1 aromatic rings. The minimum Gasteiger partial charge on any atom is -0.464 e. The van der Waals surface area contributed by atoms with E-state index in [1.807, 2.05) is 32.0 Å². The van der Waals surface area contributed by atoms with Crippen LogP contribution in [0.5, 0.6) is 0 Å². The van der Waals surface area contributed by atoms with Gasteiger partial charge in [-0.1, -0.05) is 54.2 Å². The topological polar surface area (TPSA) is 26.3 Å². The van der Waals surface area contributed by atoms with Gasteiger partial charge in [-0.15, -0.1) is 44.6 Å². The summed E-state index contributed by atoms with van der Waals surface area (Å²) in [5.41, 5.74) is 0.667. The minimum atomic E-state index is -0.507. The summed E-state index contributed by atoms with van der Waals surface area (Å²) in [6, 6.07) is 10.1. The van der Waals surface area contributed by atoms with Crippen LogP contribution in [0.4, 0.5) is 0 Å². The molecule has 0 radical (unpaired) electrons. The van der Waals surface area contributed by atoms with Crippen molar-refractivity contribution in [2.45, 2.75) is 25.1 Å². The maximum absolute atomic E-state index is 11.9. The van der Waals surface area contributed by atoms with Gasteiger partial charge in [0.05, 0.1) is 5.41 Å². The standard InChI is InChI=1S/C14H19BrO2S.H11P9/c1-14(2,13(16)17-8-9-18)10-12(15)11-6-4-3-5-7-11;1-6-9(7(2)3)8(4)5/h3-7,12,18H,8-10H2,1-2H3;6H,1-5H2. The lowest BCUT2D eigenvalue weighted by Gasteiger charge is -2.25. The van der Waals surface area contributed by atoms with Crippen molar-refractivity contribution < 1.29 is 9.53 Å². The van der Waals surface area contributed by atoms with E-state index in [1.54, 1.807) is 0 Å². The molecule has 0 aliphatic rings. The molecule has 0 aromatic heterocycles. The van der Waals surface area contributed by atoms with Gasteiger partial charge in [0.25, 0.3) is 0 Å². The molecule has 13 heteroatoms. The molecule has 7 atom stereocenters. The molecule has 0 saturated heterocycles. The average molecular weight is 621 g/mol. The van der Waals surface area contributed by atoms with Crippen molar-refractivity contribution in [2.24, 2.45) is 5.41 Å². The van der Waals surface area contributed by atoms with Gasteiger partial charge >= 0.3 is 5.97 Å². The number of carbonyl (C=O) groups is 1. The highest BCUT2D eigenvalue weighted by Crippen LogP contribution is 3.04. The van der Waals surface area contributed by atoms with Gasteiger partial charge in [-0.3, -0.25) is 4.79 Å². The first kappa shape index (κ1) is 30.4. The molecule has 0 aliphatic heterocycles. The van der Waals surface area contributed by atoms with Gasteiger partial charge in [0, 0.05) is 10.6 Å². The number of rotatable bonds is 9. The van der Waals surface area contributed by atoms with Crippen molar-refractivity contribution in [1.29, 1.82) is 0 Å². The quantitative estimate of drug-likeness (QED) is 0.129. The van der Waals surface area contributed by atoms with E-state index >= 15 is 0 Å². The summed E-state index contributed by atoms with van der Waals surface area (Å²) < 4.78 is 5.16. The molecule has 27 heavy (non-hydrogen) atoms. The van der Waals surface area contributed by atoms with Crippen LogP contribution < -0.4 is 0 Å². The van der Waals surface area contributed by atoms with Crippen LogP contribution in [0.15, 0.2) is 30.3 Å². The first-order chi connectivity index (χ1) is 12.6. The second-order valence-electron chi connectivity index (χ2n) is 6.00. The van der Waals surface area contributed by atoms with Gasteiger partial charge < -0.3 is 4.74 Å². The number of thiol groups is 1. The zero-order valence-corrected chi connectivity index (χ0v) is 27.4. The molecule has 0 N–H and O–H groups in total. The van der Waals surface area contributed by atoms with Crippen LogP contribution in [0, 0.1) is 5.41 Å². The van der Waals surface area contributed by atoms with E-state index in [0.717, 1.165) is 7.96 Å². The third-order valence-corrected chi connectivity index (χ3v) is 48.6. The summed E-state index contributed by atoms with van der Waals surface area (Å²) in [5, 5.41) is 0. The second-order valence-corrected chi connectivity index (χ2v) is 38.2. The van der Waals surface area contributed by atoms with Gasteiger partial charge in [-0.25, -0.2) is 0 Å². The van der Waals surface area contributed by atoms with Crippen LogP contribution in [-0.4, -0.2) is 18.3 Å². The Balaban J connectivity index is 0.000000636. The number of carbonyl (C=O) groups excluding carboxylic acids is 1. The van der Waals surface area contributed by atoms with Crippen molar-refractivity contribution in [1.82, 2.24) is 0 Å². The largest absolute Gasteiger partial charge is 0.464 e. The molecule has 7 unspecified atom stereocenters. The van der Waals surface area contributed by atoms with Gasteiger partial charge in [-0.2, -0.15) is 12.6 Å². The Labute approximate surface area is 195 Å². The predicted molar refractivity (Wildman–Crippen MR) is 159 cm³/mol. The molecule has 0 fully saturated rings. The molecule has 2 nitrogen and oxygen atoms in total. The highest BCUT2D eigenvalue weighted by Gasteiger charge is 2.32. The summed E-state index contributed by atoms with van der Waals surface area (Å²) in [7, 11) is 15.6. The fourth-order valence-electron chi connectivity index (χ4n) is 1.90. The van der Waals surface area contributed by atoms with Crippen LogP contribution in [0.25, 0.3) is 0 Å². The Morgan fingerprint density at radius 1 is 1.22 bits per heavy atom. The fourth-order valence-corrected chi connectivity index (χ4v) is 64.2. The number of benzene rings is 1. The van der Waals surface area contributed by atoms with Gasteiger partial charge in [-0.05, 0) is 46.8 Å². The number of halogens is 1. The van der Waals surface area contributed by atoms with Crippen LogP contribution in [-0.2, 0) is 9.53 Å². The molecule has 1 rings (SSSR count). The van der Waals surface area contributed by atoms with E-state index in [4.69, 9.17) is 4.74 Å². The molecule has 0 spiro atoms. The first-order valence-electron chi connectivity index (χ1n) is 7.89. The van der Waals surface area contributed by atoms with Crippen LogP contribution in [0.2, 0.25) is 0 Å². The van der Waals surface area contributed by atoms with Crippen LogP contribution in [0.3, 0.4) is 0 Å². The maximum Gasteiger partial charge on any atom is 0.311 e. The fraction of sp³-hybridized carbons (Fsp3) is 0.500. The van der Waals surface area contributed by atoms with E-state index < -0.39 is 5.41 Å². The molecule has 0 saturated carbocycles. The van der Waals surface area contributed by atoms with Crippen LogP contribution in [0.1, 0.15) is 30.7 Å². The molecule has 1 aromatic carbocycles. The van der Waals surface area contributed by atoms with Crippen molar-refractivity contribution in [3.63, 3.8) is 0 Å². The number of hydrogen-bond donors (Lipinski definition) is 1. The normalized spacial score (nSPS) is 13.2. The minimum absolute atomic E-state index is 0.150. The lowest BCUT2D eigenvalue weighted by molar-refractivity contribution is -0.153. The Morgan fingerprint density at radius 3 is 2.11 bits per heavy atom. The van der Waals surface area contributed by atoms with Gasteiger partial charge in [0.1, 0.15) is 6.61 Å². The highest BCUT2D eigenvalue weighted by molar-refractivity contribution is 9.10. The predicted octanol–water partition coefficient (Wildman–Crippen LogP) is 8.82. The lowest BCUT2D eigenvalue weighted by Crippen LogP contribution is -2.28. The van der Waals surface area contributed by atoms with Crippen molar-refractivity contribution in [3.05, 3.63) is 35.9 Å². The summed E-state index contributed by atoms with van der Waals surface area (Å²) in [6.45, 7) is 4.82. The second kappa shape index (κ2) is 16.9. The van der Waals surface area contributed by atoms with Gasteiger partial charge in [0.2, 0.25) is 0 Å². The third kappa shape index (κ3) is 13.5. The molecule has 156 valence electrons. The summed E-state index contributed by atoms with van der Waals surface area (Å²) in [4.78, 5) is 12.1. The molecule has 0 heterocycles. The Kier molecular flexibility index (Phi) is 19.1. The van der Waals surface area contributed by atoms with E-state index in [-0.39, 0.29) is 24.8 Å². The summed E-state index contributed by atoms with van der Waals surface area (Å²) in [5.74, 6) is 0.384.